The zero-order valence-electron chi connectivity index (χ0n) is 12.9. The van der Waals surface area contributed by atoms with E-state index < -0.39 is 0 Å². The van der Waals surface area contributed by atoms with Crippen molar-refractivity contribution in [2.45, 2.75) is 65.7 Å². The van der Waals surface area contributed by atoms with Crippen LogP contribution in [0.1, 0.15) is 82.4 Å². The van der Waals surface area contributed by atoms with Crippen LogP contribution in [0.3, 0.4) is 0 Å². The molecule has 1 atom stereocenters. The van der Waals surface area contributed by atoms with E-state index in [-0.39, 0.29) is 0 Å². The highest BCUT2D eigenvalue weighted by Gasteiger charge is 2.19. The molecule has 1 aromatic carbocycles. The maximum Gasteiger partial charge on any atom is 0.0811 e. The summed E-state index contributed by atoms with van der Waals surface area (Å²) in [6.45, 7) is 13.4. The highest BCUT2D eigenvalue weighted by molar-refractivity contribution is 7.78. The zero-order chi connectivity index (χ0) is 14.6. The first-order valence-corrected chi connectivity index (χ1v) is 7.59. The van der Waals surface area contributed by atoms with Gasteiger partial charge in [0.1, 0.15) is 0 Å². The van der Waals surface area contributed by atoms with Gasteiger partial charge in [-0.1, -0.05) is 53.7 Å². The Hall–Kier alpha value is -0.980. The SMILES string of the molecule is CCC(C)c1ccc(C(C)C)c(N=C=S)c1C(C)C. The molecule has 19 heavy (non-hydrogen) atoms. The Labute approximate surface area is 123 Å². The normalized spacial score (nSPS) is 12.6. The molecule has 1 aromatic rings. The predicted molar refractivity (Wildman–Crippen MR) is 88.0 cm³/mol. The van der Waals surface area contributed by atoms with Gasteiger partial charge in [0, 0.05) is 0 Å². The van der Waals surface area contributed by atoms with E-state index in [1.807, 2.05) is 0 Å². The molecule has 0 aliphatic rings. The average Bonchev–Trinajstić information content (AvgIpc) is 2.36. The first-order valence-electron chi connectivity index (χ1n) is 7.18. The Balaban J connectivity index is 3.62. The second-order valence-corrected chi connectivity index (χ2v) is 6.01. The lowest BCUT2D eigenvalue weighted by Gasteiger charge is -2.23. The summed E-state index contributed by atoms with van der Waals surface area (Å²) in [6.07, 6.45) is 1.14. The second-order valence-electron chi connectivity index (χ2n) is 5.83. The van der Waals surface area contributed by atoms with Crippen molar-refractivity contribution >= 4 is 23.1 Å². The summed E-state index contributed by atoms with van der Waals surface area (Å²) in [5.41, 5.74) is 5.08. The van der Waals surface area contributed by atoms with Gasteiger partial charge in [0.25, 0.3) is 0 Å². The van der Waals surface area contributed by atoms with E-state index in [9.17, 15) is 0 Å². The van der Waals surface area contributed by atoms with Crippen LogP contribution in [0.4, 0.5) is 5.69 Å². The summed E-state index contributed by atoms with van der Waals surface area (Å²) < 4.78 is 0. The number of hydrogen-bond acceptors (Lipinski definition) is 2. The Morgan fingerprint density at radius 2 is 1.63 bits per heavy atom. The van der Waals surface area contributed by atoms with Gasteiger partial charge in [-0.15, -0.1) is 0 Å². The molecule has 1 rings (SSSR count). The number of thiocarbonyl (C=S) groups is 1. The van der Waals surface area contributed by atoms with Gasteiger partial charge in [-0.25, -0.2) is 0 Å². The summed E-state index contributed by atoms with van der Waals surface area (Å²) in [5.74, 6) is 1.45. The molecule has 1 unspecified atom stereocenters. The topological polar surface area (TPSA) is 12.4 Å². The molecule has 2 heteroatoms. The summed E-state index contributed by atoms with van der Waals surface area (Å²) in [6, 6.07) is 4.49. The van der Waals surface area contributed by atoms with E-state index in [0.717, 1.165) is 12.1 Å². The first-order chi connectivity index (χ1) is 8.93. The molecule has 0 heterocycles. The smallest absolute Gasteiger partial charge is 0.0811 e. The summed E-state index contributed by atoms with van der Waals surface area (Å²) in [5, 5.41) is 2.57. The van der Waals surface area contributed by atoms with Crippen molar-refractivity contribution in [2.24, 2.45) is 4.99 Å². The number of hydrogen-bond donors (Lipinski definition) is 0. The molecular formula is C17H25NS. The van der Waals surface area contributed by atoms with Crippen molar-refractivity contribution in [3.63, 3.8) is 0 Å². The first kappa shape index (κ1) is 16.1. The molecule has 0 saturated heterocycles. The molecule has 0 aromatic heterocycles. The van der Waals surface area contributed by atoms with E-state index >= 15 is 0 Å². The molecule has 0 aliphatic heterocycles. The van der Waals surface area contributed by atoms with Crippen LogP contribution < -0.4 is 0 Å². The summed E-state index contributed by atoms with van der Waals surface area (Å²) in [7, 11) is 0. The van der Waals surface area contributed by atoms with Gasteiger partial charge in [0.05, 0.1) is 10.8 Å². The minimum Gasteiger partial charge on any atom is -0.194 e. The van der Waals surface area contributed by atoms with Crippen LogP contribution >= 0.6 is 12.2 Å². The number of benzene rings is 1. The largest absolute Gasteiger partial charge is 0.194 e. The van der Waals surface area contributed by atoms with E-state index in [0.29, 0.717) is 17.8 Å². The highest BCUT2D eigenvalue weighted by Crippen LogP contribution is 2.40. The molecule has 0 bridgehead atoms. The molecule has 0 aliphatic carbocycles. The third-order valence-electron chi connectivity index (χ3n) is 3.78. The molecule has 104 valence electrons. The fourth-order valence-electron chi connectivity index (χ4n) is 2.53. The van der Waals surface area contributed by atoms with E-state index in [1.165, 1.54) is 16.7 Å². The van der Waals surface area contributed by atoms with Gasteiger partial charge in [-0.2, -0.15) is 4.99 Å². The van der Waals surface area contributed by atoms with Gasteiger partial charge >= 0.3 is 0 Å². The summed E-state index contributed by atoms with van der Waals surface area (Å²) in [4.78, 5) is 4.39. The summed E-state index contributed by atoms with van der Waals surface area (Å²) >= 11 is 4.85. The Morgan fingerprint density at radius 1 is 1.05 bits per heavy atom. The lowest BCUT2D eigenvalue weighted by atomic mass is 9.84. The van der Waals surface area contributed by atoms with Crippen molar-refractivity contribution < 1.29 is 0 Å². The van der Waals surface area contributed by atoms with Gasteiger partial charge in [-0.05, 0) is 53.1 Å². The Kier molecular flexibility index (Phi) is 5.90. The van der Waals surface area contributed by atoms with Gasteiger partial charge < -0.3 is 0 Å². The standard InChI is InChI=1S/C17H25NS/c1-7-13(6)15-9-8-14(11(2)3)17(18-10-19)16(15)12(4)5/h8-9,11-13H,7H2,1-6H3. The van der Waals surface area contributed by atoms with Crippen molar-refractivity contribution in [3.05, 3.63) is 28.8 Å². The number of aliphatic imine (C=N–C) groups is 1. The zero-order valence-corrected chi connectivity index (χ0v) is 13.8. The maximum atomic E-state index is 4.85. The molecule has 0 spiro atoms. The second kappa shape index (κ2) is 6.98. The van der Waals surface area contributed by atoms with Crippen LogP contribution in [0.2, 0.25) is 0 Å². The number of nitrogens with zero attached hydrogens (tertiary/aromatic N) is 1. The van der Waals surface area contributed by atoms with Gasteiger partial charge in [-0.3, -0.25) is 0 Å². The minimum atomic E-state index is 0.449. The molecular weight excluding hydrogens is 250 g/mol. The van der Waals surface area contributed by atoms with Crippen molar-refractivity contribution in [2.75, 3.05) is 0 Å². The lowest BCUT2D eigenvalue weighted by molar-refractivity contribution is 0.705. The van der Waals surface area contributed by atoms with Crippen LogP contribution in [-0.2, 0) is 0 Å². The number of isothiocyanates is 1. The van der Waals surface area contributed by atoms with Gasteiger partial charge in [0.2, 0.25) is 0 Å². The third kappa shape index (κ3) is 3.52. The quantitative estimate of drug-likeness (QED) is 0.461. The van der Waals surface area contributed by atoms with E-state index in [1.54, 1.807) is 0 Å². The molecule has 0 N–H and O–H groups in total. The van der Waals surface area contributed by atoms with Gasteiger partial charge in [0.15, 0.2) is 0 Å². The highest BCUT2D eigenvalue weighted by atomic mass is 32.1. The Morgan fingerprint density at radius 3 is 2.05 bits per heavy atom. The monoisotopic (exact) mass is 275 g/mol. The molecule has 0 fully saturated rings. The molecule has 0 saturated carbocycles. The third-order valence-corrected chi connectivity index (χ3v) is 3.87. The molecule has 0 radical (unpaired) electrons. The Bertz CT molecular complexity index is 482. The number of rotatable bonds is 5. The molecule has 0 amide bonds. The minimum absolute atomic E-state index is 0.449. The van der Waals surface area contributed by atoms with Crippen LogP contribution in [0.25, 0.3) is 0 Å². The fraction of sp³-hybridized carbons (Fsp3) is 0.588. The van der Waals surface area contributed by atoms with Crippen molar-refractivity contribution in [3.8, 4) is 0 Å². The van der Waals surface area contributed by atoms with Crippen LogP contribution in [0.5, 0.6) is 0 Å². The van der Waals surface area contributed by atoms with Crippen LogP contribution in [-0.4, -0.2) is 5.16 Å². The van der Waals surface area contributed by atoms with Crippen LogP contribution in [0.15, 0.2) is 17.1 Å². The van der Waals surface area contributed by atoms with Crippen molar-refractivity contribution in [1.29, 1.82) is 0 Å². The lowest BCUT2D eigenvalue weighted by Crippen LogP contribution is -2.04. The van der Waals surface area contributed by atoms with E-state index in [4.69, 9.17) is 12.2 Å². The van der Waals surface area contributed by atoms with Crippen LogP contribution in [0, 0.1) is 0 Å². The van der Waals surface area contributed by atoms with Crippen molar-refractivity contribution in [1.82, 2.24) is 0 Å². The maximum absolute atomic E-state index is 4.85. The fourth-order valence-corrected chi connectivity index (χ4v) is 2.62. The van der Waals surface area contributed by atoms with E-state index in [2.05, 4.69) is 63.8 Å². The average molecular weight is 275 g/mol. The predicted octanol–water partition coefficient (Wildman–Crippen LogP) is 6.18. The molecule has 1 nitrogen and oxygen atoms in total.